The van der Waals surface area contributed by atoms with Gasteiger partial charge in [0, 0.05) is 11.8 Å². The first kappa shape index (κ1) is 16.4. The summed E-state index contributed by atoms with van der Waals surface area (Å²) in [6.07, 6.45) is -4.27. The minimum Gasteiger partial charge on any atom is -0.310 e. The van der Waals surface area contributed by atoms with Gasteiger partial charge in [0.2, 0.25) is 0 Å². The van der Waals surface area contributed by atoms with E-state index in [1.165, 1.54) is 12.1 Å². The molecular weight excluding hydrogens is 271 g/mol. The van der Waals surface area contributed by atoms with E-state index in [1.54, 1.807) is 24.8 Å². The topological polar surface area (TPSA) is 12.0 Å². The van der Waals surface area contributed by atoms with Gasteiger partial charge in [-0.25, -0.2) is 0 Å². The van der Waals surface area contributed by atoms with Crippen LogP contribution in [0.5, 0.6) is 0 Å². The molecule has 0 aliphatic rings. The van der Waals surface area contributed by atoms with E-state index in [-0.39, 0.29) is 6.04 Å². The predicted molar refractivity (Wildman–Crippen MR) is 75.6 cm³/mol. The summed E-state index contributed by atoms with van der Waals surface area (Å²) in [6.45, 7) is 6.62. The summed E-state index contributed by atoms with van der Waals surface area (Å²) >= 11 is 1.78. The fourth-order valence-electron chi connectivity index (χ4n) is 1.98. The number of halogens is 3. The van der Waals surface area contributed by atoms with Crippen molar-refractivity contribution < 1.29 is 13.2 Å². The SMILES string of the molecule is CCNC(CSCC)c1ccc(C(F)(F)F)cc1C. The third-order valence-corrected chi connectivity index (χ3v) is 3.89. The van der Waals surface area contributed by atoms with Crippen molar-refractivity contribution in [2.75, 3.05) is 18.1 Å². The van der Waals surface area contributed by atoms with E-state index in [0.717, 1.165) is 23.6 Å². The van der Waals surface area contributed by atoms with Gasteiger partial charge in [0.1, 0.15) is 0 Å². The van der Waals surface area contributed by atoms with E-state index in [4.69, 9.17) is 0 Å². The number of hydrogen-bond acceptors (Lipinski definition) is 2. The Morgan fingerprint density at radius 1 is 1.26 bits per heavy atom. The minimum atomic E-state index is -4.27. The van der Waals surface area contributed by atoms with Crippen LogP contribution >= 0.6 is 11.8 Å². The van der Waals surface area contributed by atoms with Crippen LogP contribution in [0.4, 0.5) is 13.2 Å². The molecule has 1 rings (SSSR count). The molecule has 0 saturated heterocycles. The average Bonchev–Trinajstić information content (AvgIpc) is 2.33. The molecule has 0 radical (unpaired) electrons. The molecule has 0 bridgehead atoms. The van der Waals surface area contributed by atoms with Gasteiger partial charge in [-0.1, -0.05) is 19.9 Å². The molecule has 0 aromatic heterocycles. The first-order valence-corrected chi connectivity index (χ1v) is 7.54. The van der Waals surface area contributed by atoms with Crippen LogP contribution in [0.2, 0.25) is 0 Å². The molecule has 0 saturated carbocycles. The van der Waals surface area contributed by atoms with Crippen molar-refractivity contribution in [3.63, 3.8) is 0 Å². The zero-order valence-electron chi connectivity index (χ0n) is 11.5. The first-order chi connectivity index (χ1) is 8.90. The maximum absolute atomic E-state index is 12.6. The molecule has 1 aromatic rings. The zero-order chi connectivity index (χ0) is 14.5. The molecular formula is C14H20F3NS. The third-order valence-electron chi connectivity index (χ3n) is 2.91. The van der Waals surface area contributed by atoms with Crippen molar-refractivity contribution in [1.82, 2.24) is 5.32 Å². The number of nitrogens with one attached hydrogen (secondary N) is 1. The van der Waals surface area contributed by atoms with E-state index < -0.39 is 11.7 Å². The van der Waals surface area contributed by atoms with Crippen LogP contribution in [0, 0.1) is 6.92 Å². The fraction of sp³-hybridized carbons (Fsp3) is 0.571. The number of benzene rings is 1. The summed E-state index contributed by atoms with van der Waals surface area (Å²) < 4.78 is 37.9. The zero-order valence-corrected chi connectivity index (χ0v) is 12.3. The van der Waals surface area contributed by atoms with Gasteiger partial charge in [-0.3, -0.25) is 0 Å². The summed E-state index contributed by atoms with van der Waals surface area (Å²) in [4.78, 5) is 0. The highest BCUT2D eigenvalue weighted by atomic mass is 32.2. The normalized spacial score (nSPS) is 13.6. The second-order valence-corrected chi connectivity index (χ2v) is 5.66. The molecule has 0 heterocycles. The van der Waals surface area contributed by atoms with E-state index >= 15 is 0 Å². The summed E-state index contributed by atoms with van der Waals surface area (Å²) in [5.41, 5.74) is 1.07. The average molecular weight is 291 g/mol. The van der Waals surface area contributed by atoms with Gasteiger partial charge in [0.15, 0.2) is 0 Å². The maximum atomic E-state index is 12.6. The van der Waals surface area contributed by atoms with Gasteiger partial charge in [-0.2, -0.15) is 24.9 Å². The Balaban J connectivity index is 2.97. The second-order valence-electron chi connectivity index (χ2n) is 4.34. The molecule has 1 N–H and O–H groups in total. The van der Waals surface area contributed by atoms with Crippen LogP contribution in [0.3, 0.4) is 0 Å². The highest BCUT2D eigenvalue weighted by Crippen LogP contribution is 2.32. The van der Waals surface area contributed by atoms with Gasteiger partial charge in [0.25, 0.3) is 0 Å². The van der Waals surface area contributed by atoms with Crippen molar-refractivity contribution in [3.05, 3.63) is 34.9 Å². The van der Waals surface area contributed by atoms with Crippen molar-refractivity contribution in [2.24, 2.45) is 0 Å². The largest absolute Gasteiger partial charge is 0.416 e. The van der Waals surface area contributed by atoms with E-state index in [9.17, 15) is 13.2 Å². The lowest BCUT2D eigenvalue weighted by atomic mass is 9.99. The molecule has 108 valence electrons. The van der Waals surface area contributed by atoms with E-state index in [0.29, 0.717) is 5.56 Å². The first-order valence-electron chi connectivity index (χ1n) is 6.39. The molecule has 0 aliphatic carbocycles. The summed E-state index contributed by atoms with van der Waals surface area (Å²) in [5.74, 6) is 1.87. The van der Waals surface area contributed by atoms with Crippen molar-refractivity contribution in [1.29, 1.82) is 0 Å². The molecule has 0 spiro atoms. The molecule has 1 unspecified atom stereocenters. The van der Waals surface area contributed by atoms with Crippen molar-refractivity contribution in [3.8, 4) is 0 Å². The number of alkyl halides is 3. The smallest absolute Gasteiger partial charge is 0.310 e. The highest BCUT2D eigenvalue weighted by Gasteiger charge is 2.31. The summed E-state index contributed by atoms with van der Waals surface area (Å²) in [6, 6.07) is 4.11. The Morgan fingerprint density at radius 2 is 1.95 bits per heavy atom. The van der Waals surface area contributed by atoms with Crippen LogP contribution in [0.25, 0.3) is 0 Å². The lowest BCUT2D eigenvalue weighted by molar-refractivity contribution is -0.137. The van der Waals surface area contributed by atoms with Gasteiger partial charge < -0.3 is 5.32 Å². The molecule has 0 amide bonds. The number of thioether (sulfide) groups is 1. The molecule has 19 heavy (non-hydrogen) atoms. The Hall–Kier alpha value is -0.680. The molecule has 1 aromatic carbocycles. The summed E-state index contributed by atoms with van der Waals surface area (Å²) in [7, 11) is 0. The van der Waals surface area contributed by atoms with Crippen LogP contribution in [0.15, 0.2) is 18.2 Å². The van der Waals surface area contributed by atoms with E-state index in [2.05, 4.69) is 12.2 Å². The molecule has 5 heteroatoms. The Kier molecular flexibility index (Phi) is 6.20. The van der Waals surface area contributed by atoms with Crippen molar-refractivity contribution >= 4 is 11.8 Å². The van der Waals surface area contributed by atoms with Crippen LogP contribution in [0.1, 0.15) is 36.6 Å². The fourth-order valence-corrected chi connectivity index (χ4v) is 2.75. The molecule has 0 fully saturated rings. The highest BCUT2D eigenvalue weighted by molar-refractivity contribution is 7.99. The second kappa shape index (κ2) is 7.20. The quantitative estimate of drug-likeness (QED) is 0.833. The Morgan fingerprint density at radius 3 is 2.42 bits per heavy atom. The third kappa shape index (κ3) is 4.73. The molecule has 0 aliphatic heterocycles. The van der Waals surface area contributed by atoms with Crippen LogP contribution in [-0.2, 0) is 6.18 Å². The van der Waals surface area contributed by atoms with Gasteiger partial charge >= 0.3 is 6.18 Å². The molecule has 1 atom stereocenters. The maximum Gasteiger partial charge on any atom is 0.416 e. The lowest BCUT2D eigenvalue weighted by Crippen LogP contribution is -2.24. The standard InChI is InChI=1S/C14H20F3NS/c1-4-18-13(9-19-5-2)12-7-6-11(8-10(12)3)14(15,16)17/h6-8,13,18H,4-5,9H2,1-3H3. The monoisotopic (exact) mass is 291 g/mol. The lowest BCUT2D eigenvalue weighted by Gasteiger charge is -2.21. The van der Waals surface area contributed by atoms with Crippen LogP contribution in [-0.4, -0.2) is 18.1 Å². The Labute approximate surface area is 117 Å². The van der Waals surface area contributed by atoms with Gasteiger partial charge in [0.05, 0.1) is 5.56 Å². The van der Waals surface area contributed by atoms with Crippen LogP contribution < -0.4 is 5.32 Å². The molecule has 1 nitrogen and oxygen atoms in total. The van der Waals surface area contributed by atoms with E-state index in [1.807, 2.05) is 6.92 Å². The number of aryl methyl sites for hydroxylation is 1. The predicted octanol–water partition coefficient (Wildman–Crippen LogP) is 4.42. The number of hydrogen-bond donors (Lipinski definition) is 1. The Bertz CT molecular complexity index is 404. The summed E-state index contributed by atoms with van der Waals surface area (Å²) in [5, 5.41) is 3.33. The van der Waals surface area contributed by atoms with Gasteiger partial charge in [-0.05, 0) is 42.5 Å². The van der Waals surface area contributed by atoms with Crippen molar-refractivity contribution in [2.45, 2.75) is 33.0 Å². The number of rotatable bonds is 6. The van der Waals surface area contributed by atoms with Gasteiger partial charge in [-0.15, -0.1) is 0 Å². The minimum absolute atomic E-state index is 0.109.